The van der Waals surface area contributed by atoms with E-state index in [9.17, 15) is 8.42 Å². The van der Waals surface area contributed by atoms with E-state index in [0.717, 1.165) is 56.8 Å². The molecular formula is C18H35IN4O2S. The van der Waals surface area contributed by atoms with Gasteiger partial charge in [-0.15, -0.1) is 24.0 Å². The third-order valence-electron chi connectivity index (χ3n) is 6.15. The van der Waals surface area contributed by atoms with Crippen molar-refractivity contribution in [1.29, 1.82) is 0 Å². The number of hydrogen-bond acceptors (Lipinski definition) is 3. The minimum absolute atomic E-state index is 0. The number of sulfonamides is 1. The molecule has 26 heavy (non-hydrogen) atoms. The number of rotatable bonds is 4. The van der Waals surface area contributed by atoms with Gasteiger partial charge in [-0.2, -0.15) is 0 Å². The molecule has 6 nitrogen and oxygen atoms in total. The van der Waals surface area contributed by atoms with E-state index in [0.29, 0.717) is 19.0 Å². The molecule has 0 aromatic heterocycles. The Morgan fingerprint density at radius 1 is 1.08 bits per heavy atom. The average Bonchev–Trinajstić information content (AvgIpc) is 3.02. The zero-order valence-corrected chi connectivity index (χ0v) is 19.3. The number of hydrogen-bond donors (Lipinski definition) is 1. The van der Waals surface area contributed by atoms with Crippen LogP contribution >= 0.6 is 24.0 Å². The maximum atomic E-state index is 11.6. The average molecular weight is 498 g/mol. The van der Waals surface area contributed by atoms with E-state index in [1.165, 1.54) is 31.9 Å². The minimum atomic E-state index is -3.04. The Balaban J connectivity index is 0.00000243. The van der Waals surface area contributed by atoms with Gasteiger partial charge < -0.3 is 10.2 Å². The van der Waals surface area contributed by atoms with Crippen LogP contribution in [0.25, 0.3) is 0 Å². The zero-order chi connectivity index (χ0) is 17.9. The van der Waals surface area contributed by atoms with Crippen molar-refractivity contribution in [3.63, 3.8) is 0 Å². The second kappa shape index (κ2) is 9.91. The molecule has 2 heterocycles. The van der Waals surface area contributed by atoms with Crippen LogP contribution in [0.15, 0.2) is 4.99 Å². The van der Waals surface area contributed by atoms with Crippen molar-refractivity contribution in [3.8, 4) is 0 Å². The fourth-order valence-corrected chi connectivity index (χ4v) is 5.52. The molecule has 0 radical (unpaired) electrons. The standard InChI is InChI=1S/C18H34N4O2S.HI/c1-3-19-18(21-13-16-6-4-5-7-17(16)14-21)20-12-15-8-10-22(11-9-15)25(2,23)24;/h15-17H,3-14H2,1-2H3,(H,19,20);1H. The van der Waals surface area contributed by atoms with E-state index < -0.39 is 10.0 Å². The fraction of sp³-hybridized carbons (Fsp3) is 0.944. The van der Waals surface area contributed by atoms with Gasteiger partial charge in [0.2, 0.25) is 10.0 Å². The van der Waals surface area contributed by atoms with Crippen LogP contribution in [0.3, 0.4) is 0 Å². The molecule has 0 aromatic carbocycles. The molecule has 3 rings (SSSR count). The summed E-state index contributed by atoms with van der Waals surface area (Å²) < 4.78 is 24.8. The number of nitrogens with one attached hydrogen (secondary N) is 1. The van der Waals surface area contributed by atoms with Gasteiger partial charge >= 0.3 is 0 Å². The first-order chi connectivity index (χ1) is 12.0. The first-order valence-corrected chi connectivity index (χ1v) is 11.8. The van der Waals surface area contributed by atoms with Crippen LogP contribution in [0.4, 0.5) is 0 Å². The molecule has 3 fully saturated rings. The maximum absolute atomic E-state index is 11.6. The SMILES string of the molecule is CCNC(=NCC1CCN(S(C)(=O)=O)CC1)N1CC2CCCCC2C1.I. The number of nitrogens with zero attached hydrogens (tertiary/aromatic N) is 3. The third kappa shape index (κ3) is 5.70. The van der Waals surface area contributed by atoms with Crippen LogP contribution < -0.4 is 5.32 Å². The molecule has 2 aliphatic heterocycles. The molecule has 2 atom stereocenters. The molecule has 152 valence electrons. The number of aliphatic imine (C=N–C) groups is 1. The van der Waals surface area contributed by atoms with Gasteiger partial charge in [0, 0.05) is 39.3 Å². The van der Waals surface area contributed by atoms with Crippen LogP contribution in [0.5, 0.6) is 0 Å². The van der Waals surface area contributed by atoms with Gasteiger partial charge in [0.05, 0.1) is 6.26 Å². The van der Waals surface area contributed by atoms with Gasteiger partial charge in [0.15, 0.2) is 5.96 Å². The topological polar surface area (TPSA) is 65.0 Å². The Morgan fingerprint density at radius 2 is 1.65 bits per heavy atom. The molecule has 2 unspecified atom stereocenters. The number of fused-ring (bicyclic) bond motifs is 1. The van der Waals surface area contributed by atoms with Gasteiger partial charge in [-0.1, -0.05) is 12.8 Å². The number of guanidine groups is 1. The Labute approximate surface area is 176 Å². The third-order valence-corrected chi connectivity index (χ3v) is 7.46. The highest BCUT2D eigenvalue weighted by molar-refractivity contribution is 14.0. The second-order valence-corrected chi connectivity index (χ2v) is 9.99. The highest BCUT2D eigenvalue weighted by Crippen LogP contribution is 2.36. The lowest BCUT2D eigenvalue weighted by atomic mass is 9.82. The summed E-state index contributed by atoms with van der Waals surface area (Å²) in [4.78, 5) is 7.40. The van der Waals surface area contributed by atoms with Crippen LogP contribution in [-0.2, 0) is 10.0 Å². The van der Waals surface area contributed by atoms with Crippen molar-refractivity contribution in [1.82, 2.24) is 14.5 Å². The van der Waals surface area contributed by atoms with Gasteiger partial charge in [0.25, 0.3) is 0 Å². The van der Waals surface area contributed by atoms with Crippen LogP contribution in [0.2, 0.25) is 0 Å². The van der Waals surface area contributed by atoms with E-state index in [-0.39, 0.29) is 24.0 Å². The summed E-state index contributed by atoms with van der Waals surface area (Å²) in [7, 11) is -3.04. The smallest absolute Gasteiger partial charge is 0.211 e. The summed E-state index contributed by atoms with van der Waals surface area (Å²) in [6, 6.07) is 0. The normalized spacial score (nSPS) is 28.5. The van der Waals surface area contributed by atoms with Gasteiger partial charge in [0.1, 0.15) is 0 Å². The first-order valence-electron chi connectivity index (χ1n) is 9.95. The molecule has 8 heteroatoms. The summed E-state index contributed by atoms with van der Waals surface area (Å²) in [6.45, 7) is 7.44. The van der Waals surface area contributed by atoms with E-state index in [1.807, 2.05) is 0 Å². The number of likely N-dealkylation sites (tertiary alicyclic amines) is 1. The summed E-state index contributed by atoms with van der Waals surface area (Å²) in [6.07, 6.45) is 8.68. The van der Waals surface area contributed by atoms with E-state index >= 15 is 0 Å². The first kappa shape index (κ1) is 22.2. The summed E-state index contributed by atoms with van der Waals surface area (Å²) in [5, 5.41) is 3.48. The molecule has 3 aliphatic rings. The molecule has 0 aromatic rings. The summed E-state index contributed by atoms with van der Waals surface area (Å²) >= 11 is 0. The van der Waals surface area contributed by atoms with Crippen molar-refractivity contribution in [3.05, 3.63) is 0 Å². The van der Waals surface area contributed by atoms with Gasteiger partial charge in [-0.05, 0) is 50.4 Å². The highest BCUT2D eigenvalue weighted by Gasteiger charge is 2.35. The largest absolute Gasteiger partial charge is 0.357 e. The molecule has 1 N–H and O–H groups in total. The molecule has 0 bridgehead atoms. The number of piperidine rings is 1. The molecule has 0 amide bonds. The molecular weight excluding hydrogens is 463 g/mol. The Hall–Kier alpha value is -0.0900. The van der Waals surface area contributed by atoms with E-state index in [4.69, 9.17) is 4.99 Å². The van der Waals surface area contributed by atoms with Crippen molar-refractivity contribution in [2.75, 3.05) is 45.5 Å². The van der Waals surface area contributed by atoms with Crippen molar-refractivity contribution in [2.45, 2.75) is 45.4 Å². The number of halogens is 1. The lowest BCUT2D eigenvalue weighted by Gasteiger charge is -2.30. The highest BCUT2D eigenvalue weighted by atomic mass is 127. The minimum Gasteiger partial charge on any atom is -0.357 e. The van der Waals surface area contributed by atoms with E-state index in [2.05, 4.69) is 17.1 Å². The molecule has 1 aliphatic carbocycles. The lowest BCUT2D eigenvalue weighted by molar-refractivity contribution is 0.279. The van der Waals surface area contributed by atoms with Crippen molar-refractivity contribution >= 4 is 40.0 Å². The monoisotopic (exact) mass is 498 g/mol. The Morgan fingerprint density at radius 3 is 2.15 bits per heavy atom. The molecule has 1 saturated carbocycles. The predicted molar refractivity (Wildman–Crippen MR) is 118 cm³/mol. The maximum Gasteiger partial charge on any atom is 0.211 e. The molecule has 2 saturated heterocycles. The van der Waals surface area contributed by atoms with Crippen molar-refractivity contribution in [2.24, 2.45) is 22.7 Å². The predicted octanol–water partition coefficient (Wildman–Crippen LogP) is 2.36. The summed E-state index contributed by atoms with van der Waals surface area (Å²) in [5.41, 5.74) is 0. The van der Waals surface area contributed by atoms with Crippen molar-refractivity contribution < 1.29 is 8.42 Å². The second-order valence-electron chi connectivity index (χ2n) is 8.01. The van der Waals surface area contributed by atoms with Gasteiger partial charge in [-0.25, -0.2) is 12.7 Å². The zero-order valence-electron chi connectivity index (χ0n) is 16.2. The molecule has 0 spiro atoms. The Kier molecular flexibility index (Phi) is 8.46. The fourth-order valence-electron chi connectivity index (χ4n) is 4.64. The summed E-state index contributed by atoms with van der Waals surface area (Å²) in [5.74, 6) is 3.28. The van der Waals surface area contributed by atoms with Crippen LogP contribution in [0.1, 0.15) is 45.4 Å². The van der Waals surface area contributed by atoms with Gasteiger partial charge in [-0.3, -0.25) is 4.99 Å². The van der Waals surface area contributed by atoms with Crippen LogP contribution in [-0.4, -0.2) is 69.1 Å². The van der Waals surface area contributed by atoms with Crippen LogP contribution in [0, 0.1) is 17.8 Å². The lowest BCUT2D eigenvalue weighted by Crippen LogP contribution is -2.41. The van der Waals surface area contributed by atoms with E-state index in [1.54, 1.807) is 4.31 Å². The Bertz CT molecular complexity index is 562. The quantitative estimate of drug-likeness (QED) is 0.367.